The minimum absolute atomic E-state index is 0.00232. The smallest absolute Gasteiger partial charge is 0.306 e. The van der Waals surface area contributed by atoms with Gasteiger partial charge < -0.3 is 4.74 Å². The molecule has 0 heterocycles. The Kier molecular flexibility index (Phi) is 16.9. The van der Waals surface area contributed by atoms with Gasteiger partial charge in [-0.25, -0.2) is 0 Å². The molecule has 0 aromatic carbocycles. The van der Waals surface area contributed by atoms with E-state index in [-0.39, 0.29) is 12.1 Å². The molecule has 0 saturated heterocycles. The van der Waals surface area contributed by atoms with Crippen LogP contribution in [0.3, 0.4) is 0 Å². The summed E-state index contributed by atoms with van der Waals surface area (Å²) >= 11 is 0. The molecule has 2 heteroatoms. The maximum Gasteiger partial charge on any atom is 0.306 e. The van der Waals surface area contributed by atoms with Crippen LogP contribution in [-0.4, -0.2) is 12.1 Å². The lowest BCUT2D eigenvalue weighted by Crippen LogP contribution is -2.51. The maximum atomic E-state index is 12.8. The van der Waals surface area contributed by atoms with Crippen molar-refractivity contribution in [2.75, 3.05) is 0 Å². The zero-order valence-electron chi connectivity index (χ0n) is 34.0. The van der Waals surface area contributed by atoms with E-state index in [0.29, 0.717) is 29.1 Å². The molecule has 3 saturated carbocycles. The molecule has 3 fully saturated rings. The molecule has 0 spiro atoms. The number of allylic oxidation sites excluding steroid dienone is 13. The lowest BCUT2D eigenvalue weighted by molar-refractivity contribution is -0.151. The van der Waals surface area contributed by atoms with Gasteiger partial charge in [-0.15, -0.1) is 0 Å². The molecule has 51 heavy (non-hydrogen) atoms. The Morgan fingerprint density at radius 1 is 0.804 bits per heavy atom. The van der Waals surface area contributed by atoms with Crippen molar-refractivity contribution in [1.29, 1.82) is 0 Å². The molecule has 284 valence electrons. The number of ether oxygens (including phenoxy) is 1. The number of fused-ring (bicyclic) bond motifs is 5. The highest BCUT2D eigenvalue weighted by Crippen LogP contribution is 2.67. The van der Waals surface area contributed by atoms with Crippen molar-refractivity contribution in [2.45, 2.75) is 164 Å². The number of hydrogen-bond acceptors (Lipinski definition) is 2. The van der Waals surface area contributed by atoms with E-state index < -0.39 is 0 Å². The van der Waals surface area contributed by atoms with E-state index in [2.05, 4.69) is 127 Å². The Bertz CT molecular complexity index is 1270. The van der Waals surface area contributed by atoms with Gasteiger partial charge in [-0.05, 0) is 149 Å². The maximum absolute atomic E-state index is 12.8. The van der Waals surface area contributed by atoms with Gasteiger partial charge in [0.15, 0.2) is 0 Å². The van der Waals surface area contributed by atoms with Crippen LogP contribution in [0, 0.1) is 52.3 Å². The van der Waals surface area contributed by atoms with Crippen LogP contribution >= 0.6 is 0 Å². The van der Waals surface area contributed by atoms with Crippen LogP contribution in [0.25, 0.3) is 0 Å². The Hall–Kier alpha value is -2.35. The monoisotopic (exact) mass is 697 g/mol. The summed E-state index contributed by atoms with van der Waals surface area (Å²) in [5, 5.41) is 0. The molecule has 0 radical (unpaired) electrons. The fraction of sp³-hybridized carbons (Fsp3) is 0.694. The second-order valence-electron chi connectivity index (χ2n) is 17.5. The normalized spacial score (nSPS) is 32.4. The standard InChI is InChI=1S/C49H76O2/c1-8-10-11-12-13-14-15-16-17-18-19-20-21-22-23-24-25-26-47(50)51-42-33-35-48(6)41(37-42)29-30-43-45-32-31-44(49(45,7)36-34-46(43)48)39(5)27-28-40(9-2)38(3)4/h10-11,13-14,16-17,19-20,22-23,27-29,38-40,42-46H,8-9,12,15,18,21,24-26,30-37H2,1-7H3/b11-10-,14-13-,17-16-,20-19-,23-22-,28-27+. The third-order valence-corrected chi connectivity index (χ3v) is 14.0. The first-order chi connectivity index (χ1) is 24.6. The third-order valence-electron chi connectivity index (χ3n) is 14.0. The summed E-state index contributed by atoms with van der Waals surface area (Å²) in [7, 11) is 0. The predicted molar refractivity (Wildman–Crippen MR) is 220 cm³/mol. The van der Waals surface area contributed by atoms with Gasteiger partial charge in [0.25, 0.3) is 0 Å². The van der Waals surface area contributed by atoms with E-state index in [1.807, 2.05) is 0 Å². The summed E-state index contributed by atoms with van der Waals surface area (Å²) < 4.78 is 6.10. The largest absolute Gasteiger partial charge is 0.462 e. The molecule has 0 aliphatic heterocycles. The number of unbranched alkanes of at least 4 members (excludes halogenated alkanes) is 1. The second kappa shape index (κ2) is 20.8. The first-order valence-electron chi connectivity index (χ1n) is 21.5. The summed E-state index contributed by atoms with van der Waals surface area (Å²) in [5.41, 5.74) is 2.38. The Labute approximate surface area is 315 Å². The van der Waals surface area contributed by atoms with Crippen molar-refractivity contribution >= 4 is 5.97 Å². The van der Waals surface area contributed by atoms with Crippen molar-refractivity contribution in [3.63, 3.8) is 0 Å². The molecule has 0 bridgehead atoms. The van der Waals surface area contributed by atoms with Gasteiger partial charge in [-0.1, -0.05) is 133 Å². The average molecular weight is 697 g/mol. The quantitative estimate of drug-likeness (QED) is 0.0763. The molecule has 9 atom stereocenters. The van der Waals surface area contributed by atoms with E-state index in [0.717, 1.165) is 87.4 Å². The van der Waals surface area contributed by atoms with Crippen molar-refractivity contribution in [2.24, 2.45) is 52.3 Å². The van der Waals surface area contributed by atoms with Crippen LogP contribution in [0.1, 0.15) is 158 Å². The summed E-state index contributed by atoms with van der Waals surface area (Å²) in [4.78, 5) is 12.8. The van der Waals surface area contributed by atoms with Crippen molar-refractivity contribution < 1.29 is 9.53 Å². The predicted octanol–water partition coefficient (Wildman–Crippen LogP) is 14.3. The summed E-state index contributed by atoms with van der Waals surface area (Å²) in [6, 6.07) is 0. The Morgan fingerprint density at radius 2 is 1.45 bits per heavy atom. The lowest BCUT2D eigenvalue weighted by atomic mass is 9.47. The SMILES string of the molecule is CC/C=C\C/C=C\C/C=C\C/C=C\C/C=C\CCCC(=O)OC1CCC2(C)C(=CCC3C2CCC2(C)C(C(C)/C=C/C(CC)C(C)C)CCC32)C1. The average Bonchev–Trinajstić information content (AvgIpc) is 3.47. The van der Waals surface area contributed by atoms with Gasteiger partial charge in [0.1, 0.15) is 6.10 Å². The highest BCUT2D eigenvalue weighted by Gasteiger charge is 2.59. The number of carbonyl (C=O) groups excluding carboxylic acids is 1. The van der Waals surface area contributed by atoms with E-state index in [1.165, 1.54) is 44.9 Å². The molecular formula is C49H76O2. The van der Waals surface area contributed by atoms with E-state index >= 15 is 0 Å². The molecule has 2 nitrogen and oxygen atoms in total. The molecule has 0 aromatic heterocycles. The fourth-order valence-electron chi connectivity index (χ4n) is 10.9. The van der Waals surface area contributed by atoms with E-state index in [4.69, 9.17) is 4.74 Å². The number of rotatable bonds is 19. The van der Waals surface area contributed by atoms with Gasteiger partial charge in [0, 0.05) is 12.8 Å². The van der Waals surface area contributed by atoms with Crippen LogP contribution in [-0.2, 0) is 9.53 Å². The van der Waals surface area contributed by atoms with Gasteiger partial charge >= 0.3 is 5.97 Å². The van der Waals surface area contributed by atoms with E-state index in [1.54, 1.807) is 5.57 Å². The summed E-state index contributed by atoms with van der Waals surface area (Å²) in [6.07, 6.45) is 48.8. The van der Waals surface area contributed by atoms with Gasteiger partial charge in [-0.2, -0.15) is 0 Å². The molecule has 0 N–H and O–H groups in total. The number of hydrogen-bond donors (Lipinski definition) is 0. The molecule has 4 aliphatic rings. The van der Waals surface area contributed by atoms with Crippen LogP contribution in [0.4, 0.5) is 0 Å². The molecule has 9 unspecified atom stereocenters. The minimum atomic E-state index is -0.00232. The topological polar surface area (TPSA) is 26.3 Å². The molecule has 0 aromatic rings. The Morgan fingerprint density at radius 3 is 2.08 bits per heavy atom. The zero-order valence-corrected chi connectivity index (χ0v) is 34.0. The van der Waals surface area contributed by atoms with Crippen LogP contribution in [0.2, 0.25) is 0 Å². The minimum Gasteiger partial charge on any atom is -0.462 e. The Balaban J connectivity index is 1.16. The molecule has 4 rings (SSSR count). The highest BCUT2D eigenvalue weighted by atomic mass is 16.5. The van der Waals surface area contributed by atoms with Gasteiger partial charge in [-0.3, -0.25) is 4.79 Å². The fourth-order valence-corrected chi connectivity index (χ4v) is 10.9. The lowest BCUT2D eigenvalue weighted by Gasteiger charge is -2.58. The van der Waals surface area contributed by atoms with Crippen molar-refractivity contribution in [3.05, 3.63) is 84.6 Å². The second-order valence-corrected chi connectivity index (χ2v) is 17.5. The van der Waals surface area contributed by atoms with Gasteiger partial charge in [0.2, 0.25) is 0 Å². The van der Waals surface area contributed by atoms with Crippen LogP contribution in [0.5, 0.6) is 0 Å². The number of carbonyl (C=O) groups is 1. The highest BCUT2D eigenvalue weighted by molar-refractivity contribution is 5.69. The first-order valence-corrected chi connectivity index (χ1v) is 21.5. The van der Waals surface area contributed by atoms with Gasteiger partial charge in [0.05, 0.1) is 0 Å². The third kappa shape index (κ3) is 11.3. The van der Waals surface area contributed by atoms with Crippen molar-refractivity contribution in [3.8, 4) is 0 Å². The number of esters is 1. The zero-order chi connectivity index (χ0) is 36.7. The van der Waals surface area contributed by atoms with E-state index in [9.17, 15) is 4.79 Å². The van der Waals surface area contributed by atoms with Crippen LogP contribution in [0.15, 0.2) is 84.6 Å². The molecular weight excluding hydrogens is 621 g/mol. The van der Waals surface area contributed by atoms with Crippen LogP contribution < -0.4 is 0 Å². The van der Waals surface area contributed by atoms with Crippen molar-refractivity contribution in [1.82, 2.24) is 0 Å². The summed E-state index contributed by atoms with van der Waals surface area (Å²) in [6.45, 7) is 17.0. The summed E-state index contributed by atoms with van der Waals surface area (Å²) in [5.74, 6) is 5.40. The molecule has 4 aliphatic carbocycles. The molecule has 0 amide bonds. The first kappa shape index (κ1) is 41.4.